The zero-order chi connectivity index (χ0) is 15.2. The number of halogens is 1. The van der Waals surface area contributed by atoms with Crippen LogP contribution in [0.25, 0.3) is 0 Å². The number of para-hydroxylation sites is 1. The molecule has 2 rings (SSSR count). The highest BCUT2D eigenvalue weighted by molar-refractivity contribution is 6.32. The molecule has 0 saturated carbocycles. The SMILES string of the molecule is COc1cccc(C(COc2ccccc2Cl)C(=O)O)c1. The summed E-state index contributed by atoms with van der Waals surface area (Å²) in [4.78, 5) is 11.5. The van der Waals surface area contributed by atoms with Gasteiger partial charge in [0.15, 0.2) is 0 Å². The maximum Gasteiger partial charge on any atom is 0.314 e. The Kier molecular flexibility index (Phi) is 5.06. The van der Waals surface area contributed by atoms with Gasteiger partial charge in [0.25, 0.3) is 0 Å². The van der Waals surface area contributed by atoms with E-state index in [-0.39, 0.29) is 6.61 Å². The van der Waals surface area contributed by atoms with Crippen molar-refractivity contribution < 1.29 is 19.4 Å². The quantitative estimate of drug-likeness (QED) is 0.886. The predicted octanol–water partition coefficient (Wildman–Crippen LogP) is 3.60. The van der Waals surface area contributed by atoms with E-state index in [2.05, 4.69) is 0 Å². The smallest absolute Gasteiger partial charge is 0.314 e. The van der Waals surface area contributed by atoms with Crippen LogP contribution in [-0.2, 0) is 4.79 Å². The molecule has 1 N–H and O–H groups in total. The number of hydrogen-bond donors (Lipinski definition) is 1. The number of hydrogen-bond acceptors (Lipinski definition) is 3. The summed E-state index contributed by atoms with van der Waals surface area (Å²) < 4.78 is 10.6. The van der Waals surface area contributed by atoms with E-state index >= 15 is 0 Å². The van der Waals surface area contributed by atoms with Crippen LogP contribution in [0.15, 0.2) is 48.5 Å². The molecular formula is C16H15ClO4. The van der Waals surface area contributed by atoms with Gasteiger partial charge in [-0.3, -0.25) is 4.79 Å². The van der Waals surface area contributed by atoms with Crippen LogP contribution in [0.3, 0.4) is 0 Å². The molecule has 0 aliphatic rings. The first-order valence-electron chi connectivity index (χ1n) is 6.36. The minimum Gasteiger partial charge on any atom is -0.497 e. The second-order valence-corrected chi connectivity index (χ2v) is 4.82. The summed E-state index contributed by atoms with van der Waals surface area (Å²) in [5.74, 6) is -0.684. The molecule has 1 unspecified atom stereocenters. The van der Waals surface area contributed by atoms with Crippen LogP contribution in [0.1, 0.15) is 11.5 Å². The Balaban J connectivity index is 2.16. The van der Waals surface area contributed by atoms with E-state index in [1.807, 2.05) is 0 Å². The van der Waals surface area contributed by atoms with E-state index in [0.717, 1.165) is 0 Å². The first-order valence-corrected chi connectivity index (χ1v) is 6.73. The summed E-state index contributed by atoms with van der Waals surface area (Å²) in [6, 6.07) is 13.9. The monoisotopic (exact) mass is 306 g/mol. The Morgan fingerprint density at radius 3 is 2.67 bits per heavy atom. The van der Waals surface area contributed by atoms with E-state index in [1.165, 1.54) is 7.11 Å². The van der Waals surface area contributed by atoms with Crippen molar-refractivity contribution in [3.05, 3.63) is 59.1 Å². The van der Waals surface area contributed by atoms with E-state index in [4.69, 9.17) is 21.1 Å². The summed E-state index contributed by atoms with van der Waals surface area (Å²) in [5.41, 5.74) is 0.619. The Morgan fingerprint density at radius 2 is 2.00 bits per heavy atom. The zero-order valence-corrected chi connectivity index (χ0v) is 12.2. The minimum absolute atomic E-state index is 0.00770. The van der Waals surface area contributed by atoms with Crippen molar-refractivity contribution in [2.75, 3.05) is 13.7 Å². The van der Waals surface area contributed by atoms with E-state index in [0.29, 0.717) is 22.1 Å². The van der Waals surface area contributed by atoms with Gasteiger partial charge in [0.05, 0.1) is 12.1 Å². The summed E-state index contributed by atoms with van der Waals surface area (Å²) in [5, 5.41) is 9.83. The molecule has 110 valence electrons. The minimum atomic E-state index is -0.963. The molecule has 0 aliphatic carbocycles. The lowest BCUT2D eigenvalue weighted by Gasteiger charge is -2.15. The third-order valence-electron chi connectivity index (χ3n) is 3.04. The molecular weight excluding hydrogens is 292 g/mol. The molecule has 0 amide bonds. The number of carboxylic acid groups (broad SMARTS) is 1. The number of benzene rings is 2. The number of methoxy groups -OCH3 is 1. The van der Waals surface area contributed by atoms with Gasteiger partial charge in [-0.15, -0.1) is 0 Å². The molecule has 0 aliphatic heterocycles. The Hall–Kier alpha value is -2.20. The van der Waals surface area contributed by atoms with Gasteiger partial charge >= 0.3 is 5.97 Å². The van der Waals surface area contributed by atoms with Crippen LogP contribution in [0.5, 0.6) is 11.5 Å². The van der Waals surface area contributed by atoms with Gasteiger partial charge in [-0.25, -0.2) is 0 Å². The lowest BCUT2D eigenvalue weighted by molar-refractivity contribution is -0.139. The van der Waals surface area contributed by atoms with Crippen molar-refractivity contribution in [2.24, 2.45) is 0 Å². The lowest BCUT2D eigenvalue weighted by Crippen LogP contribution is -2.19. The molecule has 0 bridgehead atoms. The first-order chi connectivity index (χ1) is 10.1. The van der Waals surface area contributed by atoms with Crippen LogP contribution in [-0.4, -0.2) is 24.8 Å². The second kappa shape index (κ2) is 6.99. The number of aliphatic carboxylic acids is 1. The van der Waals surface area contributed by atoms with Gasteiger partial charge in [-0.05, 0) is 29.8 Å². The normalized spacial score (nSPS) is 11.7. The van der Waals surface area contributed by atoms with E-state index in [9.17, 15) is 9.90 Å². The van der Waals surface area contributed by atoms with Crippen molar-refractivity contribution in [3.63, 3.8) is 0 Å². The number of carbonyl (C=O) groups is 1. The fourth-order valence-electron chi connectivity index (χ4n) is 1.90. The van der Waals surface area contributed by atoms with Gasteiger partial charge in [-0.1, -0.05) is 35.9 Å². The largest absolute Gasteiger partial charge is 0.497 e. The van der Waals surface area contributed by atoms with Gasteiger partial charge in [0.1, 0.15) is 24.0 Å². The Morgan fingerprint density at radius 1 is 1.24 bits per heavy atom. The molecule has 5 heteroatoms. The van der Waals surface area contributed by atoms with Crippen LogP contribution < -0.4 is 9.47 Å². The van der Waals surface area contributed by atoms with Crippen molar-refractivity contribution in [3.8, 4) is 11.5 Å². The fraction of sp³-hybridized carbons (Fsp3) is 0.188. The van der Waals surface area contributed by atoms with Crippen LogP contribution >= 0.6 is 11.6 Å². The van der Waals surface area contributed by atoms with Gasteiger partial charge in [-0.2, -0.15) is 0 Å². The highest BCUT2D eigenvalue weighted by atomic mass is 35.5. The molecule has 2 aromatic carbocycles. The Bertz CT molecular complexity index is 627. The highest BCUT2D eigenvalue weighted by Crippen LogP contribution is 2.26. The molecule has 1 atom stereocenters. The van der Waals surface area contributed by atoms with Crippen molar-refractivity contribution in [1.29, 1.82) is 0 Å². The Labute approximate surface area is 127 Å². The molecule has 0 aromatic heterocycles. The number of carboxylic acids is 1. The van der Waals surface area contributed by atoms with Gasteiger partial charge < -0.3 is 14.6 Å². The second-order valence-electron chi connectivity index (χ2n) is 4.41. The predicted molar refractivity (Wildman–Crippen MR) is 80.3 cm³/mol. The van der Waals surface area contributed by atoms with Crippen LogP contribution in [0, 0.1) is 0 Å². The maximum absolute atomic E-state index is 11.5. The fourth-order valence-corrected chi connectivity index (χ4v) is 2.09. The summed E-state index contributed by atoms with van der Waals surface area (Å²) in [6.45, 7) is -0.00770. The van der Waals surface area contributed by atoms with Crippen LogP contribution in [0.4, 0.5) is 0 Å². The first kappa shape index (κ1) is 15.2. The van der Waals surface area contributed by atoms with Crippen molar-refractivity contribution in [1.82, 2.24) is 0 Å². The molecule has 4 nitrogen and oxygen atoms in total. The van der Waals surface area contributed by atoms with Gasteiger partial charge in [0.2, 0.25) is 0 Å². The average molecular weight is 307 g/mol. The van der Waals surface area contributed by atoms with E-state index < -0.39 is 11.9 Å². The third kappa shape index (κ3) is 3.89. The number of rotatable bonds is 6. The molecule has 0 spiro atoms. The van der Waals surface area contributed by atoms with Crippen molar-refractivity contribution in [2.45, 2.75) is 5.92 Å². The standard InChI is InChI=1S/C16H15ClO4/c1-20-12-6-4-5-11(9-12)13(16(18)19)10-21-15-8-3-2-7-14(15)17/h2-9,13H,10H2,1H3,(H,18,19). The molecule has 0 heterocycles. The highest BCUT2D eigenvalue weighted by Gasteiger charge is 2.21. The lowest BCUT2D eigenvalue weighted by atomic mass is 10.00. The maximum atomic E-state index is 11.5. The summed E-state index contributed by atoms with van der Waals surface area (Å²) in [6.07, 6.45) is 0. The van der Waals surface area contributed by atoms with E-state index in [1.54, 1.807) is 48.5 Å². The molecule has 0 radical (unpaired) electrons. The molecule has 0 saturated heterocycles. The van der Waals surface area contributed by atoms with Crippen LogP contribution in [0.2, 0.25) is 5.02 Å². The van der Waals surface area contributed by atoms with Gasteiger partial charge in [0, 0.05) is 0 Å². The molecule has 21 heavy (non-hydrogen) atoms. The van der Waals surface area contributed by atoms with Crippen molar-refractivity contribution >= 4 is 17.6 Å². The topological polar surface area (TPSA) is 55.8 Å². The zero-order valence-electron chi connectivity index (χ0n) is 11.5. The third-order valence-corrected chi connectivity index (χ3v) is 3.35. The summed E-state index contributed by atoms with van der Waals surface area (Å²) >= 11 is 5.99. The molecule has 2 aromatic rings. The average Bonchev–Trinajstić information content (AvgIpc) is 2.49. The molecule has 0 fully saturated rings. The summed E-state index contributed by atoms with van der Waals surface area (Å²) in [7, 11) is 1.54. The number of ether oxygens (including phenoxy) is 2.